The molecule has 172 valence electrons. The number of nitrogens with zero attached hydrogens (tertiary/aromatic N) is 1. The molecule has 4 rings (SSSR count). The van der Waals surface area contributed by atoms with E-state index >= 15 is 0 Å². The average Bonchev–Trinajstić information content (AvgIpc) is 3.35. The zero-order valence-electron chi connectivity index (χ0n) is 17.1. The van der Waals surface area contributed by atoms with Crippen molar-refractivity contribution in [1.82, 2.24) is 4.90 Å². The van der Waals surface area contributed by atoms with E-state index in [2.05, 4.69) is 5.32 Å². The molecule has 2 aromatic carbocycles. The number of aromatic carboxylic acids is 1. The molecule has 2 heterocycles. The second kappa shape index (κ2) is 9.76. The van der Waals surface area contributed by atoms with Crippen LogP contribution >= 0.6 is 35.0 Å². The zero-order chi connectivity index (χ0) is 24.4. The number of anilines is 1. The van der Waals surface area contributed by atoms with Crippen LogP contribution in [0.25, 0.3) is 17.4 Å². The maximum absolute atomic E-state index is 12.7. The Hall–Kier alpha value is -3.53. The largest absolute Gasteiger partial charge is 0.478 e. The second-order valence-electron chi connectivity index (χ2n) is 7.02. The third-order valence-electron chi connectivity index (χ3n) is 4.69. The second-order valence-corrected chi connectivity index (χ2v) is 8.86. The molecule has 1 fully saturated rings. The molecule has 34 heavy (non-hydrogen) atoms. The predicted octanol–water partition coefficient (Wildman–Crippen LogP) is 5.63. The van der Waals surface area contributed by atoms with Crippen LogP contribution in [0.2, 0.25) is 10.0 Å². The smallest absolute Gasteiger partial charge is 0.337 e. The van der Waals surface area contributed by atoms with Gasteiger partial charge in [0.1, 0.15) is 18.1 Å². The summed E-state index contributed by atoms with van der Waals surface area (Å²) >= 11 is 12.5. The van der Waals surface area contributed by atoms with Crippen LogP contribution in [0.1, 0.15) is 16.1 Å². The van der Waals surface area contributed by atoms with E-state index in [0.717, 1.165) is 4.90 Å². The molecule has 8 nitrogen and oxygen atoms in total. The van der Waals surface area contributed by atoms with Gasteiger partial charge < -0.3 is 14.8 Å². The summed E-state index contributed by atoms with van der Waals surface area (Å²) in [5, 5.41) is 11.7. The van der Waals surface area contributed by atoms with Gasteiger partial charge in [-0.2, -0.15) is 0 Å². The first-order valence-electron chi connectivity index (χ1n) is 9.65. The topological polar surface area (TPSA) is 117 Å². The number of carbonyl (C=O) groups excluding carboxylic acids is 3. The van der Waals surface area contributed by atoms with Crippen LogP contribution in [0.4, 0.5) is 10.5 Å². The van der Waals surface area contributed by atoms with Crippen molar-refractivity contribution in [3.8, 4) is 11.3 Å². The normalized spacial score (nSPS) is 14.6. The lowest BCUT2D eigenvalue weighted by atomic mass is 10.1. The van der Waals surface area contributed by atoms with Gasteiger partial charge in [0.15, 0.2) is 0 Å². The number of thioether (sulfide) groups is 1. The third-order valence-corrected chi connectivity index (χ3v) is 6.16. The quantitative estimate of drug-likeness (QED) is 0.407. The molecule has 0 atom stereocenters. The highest BCUT2D eigenvalue weighted by Gasteiger charge is 2.36. The number of furan rings is 1. The lowest BCUT2D eigenvalue weighted by molar-refractivity contribution is -0.127. The SMILES string of the molecule is O=C(CN1C(=O)S/C(=C\c2ccc(-c3ccc(C(=O)O)c(Cl)c3)o2)C1=O)Nc1ccc(Cl)cc1. The van der Waals surface area contributed by atoms with Crippen molar-refractivity contribution < 1.29 is 28.7 Å². The molecule has 3 amide bonds. The predicted molar refractivity (Wildman–Crippen MR) is 129 cm³/mol. The Balaban J connectivity index is 1.45. The van der Waals surface area contributed by atoms with Gasteiger partial charge in [-0.15, -0.1) is 0 Å². The molecule has 1 aliphatic heterocycles. The number of hydrogen-bond acceptors (Lipinski definition) is 6. The molecule has 0 spiro atoms. The summed E-state index contributed by atoms with van der Waals surface area (Å²) in [6.45, 7) is -0.442. The Morgan fingerprint density at radius 3 is 2.47 bits per heavy atom. The Morgan fingerprint density at radius 1 is 1.06 bits per heavy atom. The van der Waals surface area contributed by atoms with Gasteiger partial charge in [0.25, 0.3) is 11.1 Å². The molecule has 11 heteroatoms. The minimum atomic E-state index is -1.14. The number of nitrogens with one attached hydrogen (secondary N) is 1. The van der Waals surface area contributed by atoms with E-state index in [1.165, 1.54) is 18.2 Å². The summed E-state index contributed by atoms with van der Waals surface area (Å²) in [7, 11) is 0. The minimum absolute atomic E-state index is 0.0361. The number of halogens is 2. The van der Waals surface area contributed by atoms with Gasteiger partial charge in [0.2, 0.25) is 5.91 Å². The van der Waals surface area contributed by atoms with Gasteiger partial charge >= 0.3 is 5.97 Å². The molecule has 1 saturated heterocycles. The molecule has 0 aliphatic carbocycles. The molecule has 2 N–H and O–H groups in total. The molecule has 0 unspecified atom stereocenters. The summed E-state index contributed by atoms with van der Waals surface area (Å²) < 4.78 is 5.71. The first kappa shape index (κ1) is 23.6. The Labute approximate surface area is 207 Å². The van der Waals surface area contributed by atoms with Crippen molar-refractivity contribution in [3.05, 3.63) is 80.9 Å². The number of hydrogen-bond donors (Lipinski definition) is 2. The molecule has 0 radical (unpaired) electrons. The highest BCUT2D eigenvalue weighted by atomic mass is 35.5. The Bertz CT molecular complexity index is 1350. The van der Waals surface area contributed by atoms with Crippen LogP contribution in [0.15, 0.2) is 63.9 Å². The summed E-state index contributed by atoms with van der Waals surface area (Å²) in [4.78, 5) is 49.3. The van der Waals surface area contributed by atoms with E-state index in [1.807, 2.05) is 0 Å². The monoisotopic (exact) mass is 516 g/mol. The summed E-state index contributed by atoms with van der Waals surface area (Å²) in [6, 6.07) is 14.0. The fourth-order valence-corrected chi connectivity index (χ4v) is 4.28. The van der Waals surface area contributed by atoms with E-state index in [1.54, 1.807) is 42.5 Å². The lowest BCUT2D eigenvalue weighted by Crippen LogP contribution is -2.36. The third kappa shape index (κ3) is 5.17. The number of rotatable bonds is 6. The number of imide groups is 1. The van der Waals surface area contributed by atoms with Crippen LogP contribution in [-0.2, 0) is 9.59 Å². The zero-order valence-corrected chi connectivity index (χ0v) is 19.4. The van der Waals surface area contributed by atoms with Gasteiger partial charge in [0, 0.05) is 22.3 Å². The van der Waals surface area contributed by atoms with E-state index in [0.29, 0.717) is 39.6 Å². The maximum Gasteiger partial charge on any atom is 0.337 e. The first-order chi connectivity index (χ1) is 16.2. The van der Waals surface area contributed by atoms with Crippen molar-refractivity contribution in [2.24, 2.45) is 0 Å². The molecular formula is C23H14Cl2N2O6S. The van der Waals surface area contributed by atoms with Crippen LogP contribution in [0, 0.1) is 0 Å². The van der Waals surface area contributed by atoms with E-state index < -0.39 is 29.6 Å². The molecule has 0 saturated carbocycles. The Morgan fingerprint density at radius 2 is 1.79 bits per heavy atom. The lowest BCUT2D eigenvalue weighted by Gasteiger charge is -2.12. The van der Waals surface area contributed by atoms with E-state index in [9.17, 15) is 19.2 Å². The van der Waals surface area contributed by atoms with Gasteiger partial charge in [0.05, 0.1) is 15.5 Å². The minimum Gasteiger partial charge on any atom is -0.478 e. The van der Waals surface area contributed by atoms with Crippen molar-refractivity contribution in [2.45, 2.75) is 0 Å². The van der Waals surface area contributed by atoms with E-state index in [4.69, 9.17) is 32.7 Å². The van der Waals surface area contributed by atoms with Crippen LogP contribution in [0.5, 0.6) is 0 Å². The number of carboxylic acids is 1. The fourth-order valence-electron chi connectivity index (χ4n) is 3.07. The Kier molecular flexibility index (Phi) is 6.78. The molecular weight excluding hydrogens is 503 g/mol. The van der Waals surface area contributed by atoms with Crippen molar-refractivity contribution in [3.63, 3.8) is 0 Å². The van der Waals surface area contributed by atoms with Crippen molar-refractivity contribution in [2.75, 3.05) is 11.9 Å². The van der Waals surface area contributed by atoms with Crippen molar-refractivity contribution in [1.29, 1.82) is 0 Å². The van der Waals surface area contributed by atoms with Gasteiger partial charge in [-0.3, -0.25) is 19.3 Å². The fraction of sp³-hybridized carbons (Fsp3) is 0.0435. The van der Waals surface area contributed by atoms with Gasteiger partial charge in [-0.05, 0) is 60.3 Å². The number of carbonyl (C=O) groups is 4. The number of carboxylic acid groups (broad SMARTS) is 1. The standard InChI is InChI=1S/C23H14Cl2N2O6S/c24-13-2-4-14(5-3-13)26-20(28)11-27-21(29)19(34-23(27)32)10-15-6-8-18(33-15)12-1-7-16(22(30)31)17(25)9-12/h1-10H,11H2,(H,26,28)(H,30,31)/b19-10-. The highest BCUT2D eigenvalue weighted by molar-refractivity contribution is 8.18. The molecule has 0 bridgehead atoms. The summed E-state index contributed by atoms with van der Waals surface area (Å²) in [6.07, 6.45) is 1.40. The van der Waals surface area contributed by atoms with Crippen molar-refractivity contribution >= 4 is 69.8 Å². The summed E-state index contributed by atoms with van der Waals surface area (Å²) in [5.74, 6) is -1.61. The van der Waals surface area contributed by atoms with E-state index in [-0.39, 0.29) is 15.5 Å². The first-order valence-corrected chi connectivity index (χ1v) is 11.2. The number of benzene rings is 2. The number of amides is 3. The van der Waals surface area contributed by atoms with Crippen LogP contribution in [-0.4, -0.2) is 39.6 Å². The van der Waals surface area contributed by atoms with Gasteiger partial charge in [-0.25, -0.2) is 4.79 Å². The average molecular weight is 517 g/mol. The van der Waals surface area contributed by atoms with Crippen LogP contribution in [0.3, 0.4) is 0 Å². The molecule has 1 aliphatic rings. The molecule has 3 aromatic rings. The maximum atomic E-state index is 12.7. The summed E-state index contributed by atoms with van der Waals surface area (Å²) in [5.41, 5.74) is 0.990. The van der Waals surface area contributed by atoms with Crippen LogP contribution < -0.4 is 5.32 Å². The van der Waals surface area contributed by atoms with Gasteiger partial charge in [-0.1, -0.05) is 29.3 Å². The highest BCUT2D eigenvalue weighted by Crippen LogP contribution is 2.34. The molecule has 1 aromatic heterocycles.